The summed E-state index contributed by atoms with van der Waals surface area (Å²) in [7, 11) is 6.39. The van der Waals surface area contributed by atoms with Crippen molar-refractivity contribution in [3.8, 4) is 0 Å². The van der Waals surface area contributed by atoms with E-state index in [1.165, 1.54) is 0 Å². The molecule has 0 saturated carbocycles. The Kier molecular flexibility index (Phi) is 21.0. The van der Waals surface area contributed by atoms with Crippen molar-refractivity contribution in [2.24, 2.45) is 5.90 Å². The molecule has 0 aliphatic carbocycles. The first-order valence-electron chi connectivity index (χ1n) is 10.2. The molecule has 2 N–H and O–H groups in total. The molecule has 0 aromatic rings. The van der Waals surface area contributed by atoms with Gasteiger partial charge in [-0.05, 0) is 12.8 Å². The Morgan fingerprint density at radius 1 is 0.667 bits per heavy atom. The van der Waals surface area contributed by atoms with Crippen molar-refractivity contribution in [3.05, 3.63) is 0 Å². The number of Topliss-reactive ketones (excluding diaryl/α,β-unsaturated/α-hetero) is 1. The lowest BCUT2D eigenvalue weighted by atomic mass is 10.1. The second-order valence-electron chi connectivity index (χ2n) is 6.89. The van der Waals surface area contributed by atoms with E-state index in [0.29, 0.717) is 39.5 Å². The Bertz CT molecular complexity index is 355. The third kappa shape index (κ3) is 17.0. The molecule has 0 radical (unpaired) electrons. The van der Waals surface area contributed by atoms with E-state index < -0.39 is 6.10 Å². The maximum absolute atomic E-state index is 12.1. The van der Waals surface area contributed by atoms with E-state index >= 15 is 0 Å². The predicted molar refractivity (Wildman–Crippen MR) is 110 cm³/mol. The third-order valence-electron chi connectivity index (χ3n) is 4.14. The van der Waals surface area contributed by atoms with Crippen molar-refractivity contribution < 1.29 is 42.8 Å². The fourth-order valence-corrected chi connectivity index (χ4v) is 2.63. The van der Waals surface area contributed by atoms with Crippen LogP contribution in [0.2, 0.25) is 0 Å². The Balaban J connectivity index is 4.54. The molecule has 0 aliphatic heterocycles. The fourth-order valence-electron chi connectivity index (χ4n) is 2.63. The zero-order valence-corrected chi connectivity index (χ0v) is 19.0. The van der Waals surface area contributed by atoms with Gasteiger partial charge >= 0.3 is 0 Å². The molecular formula is C20H41NO9. The highest BCUT2D eigenvalue weighted by Crippen LogP contribution is 2.06. The van der Waals surface area contributed by atoms with Gasteiger partial charge in [0.1, 0.15) is 24.9 Å². The third-order valence-corrected chi connectivity index (χ3v) is 4.14. The molecule has 0 aromatic heterocycles. The maximum Gasteiger partial charge on any atom is 0.158 e. The summed E-state index contributed by atoms with van der Waals surface area (Å²) in [4.78, 5) is 16.6. The number of carbonyl (C=O) groups is 1. The average molecular weight is 440 g/mol. The lowest BCUT2D eigenvalue weighted by molar-refractivity contribution is -0.139. The molecular weight excluding hydrogens is 398 g/mol. The molecule has 0 saturated heterocycles. The highest BCUT2D eigenvalue weighted by Gasteiger charge is 2.19. The summed E-state index contributed by atoms with van der Waals surface area (Å²) in [5.41, 5.74) is 0. The molecule has 0 fully saturated rings. The van der Waals surface area contributed by atoms with Gasteiger partial charge < -0.3 is 38.0 Å². The Morgan fingerprint density at radius 3 is 1.57 bits per heavy atom. The van der Waals surface area contributed by atoms with Crippen molar-refractivity contribution in [2.75, 3.05) is 81.3 Å². The topological polar surface area (TPSA) is 117 Å². The van der Waals surface area contributed by atoms with Gasteiger partial charge in [0.2, 0.25) is 0 Å². The van der Waals surface area contributed by atoms with Crippen LogP contribution in [0.3, 0.4) is 0 Å². The van der Waals surface area contributed by atoms with Crippen molar-refractivity contribution in [1.82, 2.24) is 0 Å². The van der Waals surface area contributed by atoms with Crippen LogP contribution in [0.4, 0.5) is 0 Å². The number of unbranched alkanes of at least 4 members (excludes halogenated alkanes) is 2. The van der Waals surface area contributed by atoms with Crippen LogP contribution in [0.25, 0.3) is 0 Å². The van der Waals surface area contributed by atoms with Gasteiger partial charge in [0.25, 0.3) is 0 Å². The summed E-state index contributed by atoms with van der Waals surface area (Å²) >= 11 is 0. The SMILES string of the molecule is COCC(COC)OCC(COC(COC)COC)OCC(=O)CCCCCON. The van der Waals surface area contributed by atoms with Crippen LogP contribution in [-0.4, -0.2) is 105 Å². The van der Waals surface area contributed by atoms with E-state index in [0.717, 1.165) is 19.3 Å². The van der Waals surface area contributed by atoms with Gasteiger partial charge in [0.05, 0.1) is 46.2 Å². The van der Waals surface area contributed by atoms with Gasteiger partial charge in [-0.3, -0.25) is 4.79 Å². The molecule has 0 atom stereocenters. The van der Waals surface area contributed by atoms with E-state index in [1.54, 1.807) is 28.4 Å². The molecule has 0 rings (SSSR count). The Hall–Kier alpha value is -0.690. The van der Waals surface area contributed by atoms with E-state index in [9.17, 15) is 4.79 Å². The van der Waals surface area contributed by atoms with Crippen LogP contribution >= 0.6 is 0 Å². The van der Waals surface area contributed by atoms with E-state index in [-0.39, 0.29) is 37.8 Å². The van der Waals surface area contributed by atoms with Crippen LogP contribution in [-0.2, 0) is 42.8 Å². The summed E-state index contributed by atoms with van der Waals surface area (Å²) in [5.74, 6) is 5.02. The molecule has 0 aliphatic rings. The fraction of sp³-hybridized carbons (Fsp3) is 0.950. The minimum absolute atomic E-state index is 0.00319. The van der Waals surface area contributed by atoms with E-state index in [1.807, 2.05) is 0 Å². The molecule has 10 nitrogen and oxygen atoms in total. The smallest absolute Gasteiger partial charge is 0.158 e. The van der Waals surface area contributed by atoms with E-state index in [4.69, 9.17) is 39.1 Å². The number of hydrogen-bond donors (Lipinski definition) is 1. The lowest BCUT2D eigenvalue weighted by Gasteiger charge is -2.24. The zero-order valence-electron chi connectivity index (χ0n) is 19.0. The lowest BCUT2D eigenvalue weighted by Crippen LogP contribution is -2.36. The molecule has 180 valence electrons. The number of ketones is 1. The van der Waals surface area contributed by atoms with Gasteiger partial charge in [-0.15, -0.1) is 0 Å². The second kappa shape index (κ2) is 21.5. The normalized spacial score (nSPS) is 11.9. The molecule has 0 amide bonds. The summed E-state index contributed by atoms with van der Waals surface area (Å²) in [6.45, 7) is 2.55. The average Bonchev–Trinajstić information content (AvgIpc) is 2.73. The van der Waals surface area contributed by atoms with Crippen LogP contribution in [0.5, 0.6) is 0 Å². The predicted octanol–water partition coefficient (Wildman–Crippen LogP) is 0.747. The Morgan fingerprint density at radius 2 is 1.13 bits per heavy atom. The van der Waals surface area contributed by atoms with Crippen molar-refractivity contribution in [3.63, 3.8) is 0 Å². The molecule has 0 unspecified atom stereocenters. The highest BCUT2D eigenvalue weighted by molar-refractivity contribution is 5.79. The quantitative estimate of drug-likeness (QED) is 0.180. The number of rotatable bonds is 23. The molecule has 10 heteroatoms. The molecule has 0 bridgehead atoms. The van der Waals surface area contributed by atoms with Crippen molar-refractivity contribution in [1.29, 1.82) is 0 Å². The van der Waals surface area contributed by atoms with Crippen LogP contribution in [0.1, 0.15) is 25.7 Å². The van der Waals surface area contributed by atoms with Crippen LogP contribution < -0.4 is 5.90 Å². The number of nitrogens with two attached hydrogens (primary N) is 1. The zero-order chi connectivity index (χ0) is 22.5. The van der Waals surface area contributed by atoms with Crippen molar-refractivity contribution >= 4 is 5.78 Å². The molecule has 0 heterocycles. The first-order chi connectivity index (χ1) is 14.6. The van der Waals surface area contributed by atoms with Crippen molar-refractivity contribution in [2.45, 2.75) is 44.0 Å². The highest BCUT2D eigenvalue weighted by atomic mass is 16.6. The molecule has 0 spiro atoms. The van der Waals surface area contributed by atoms with Gasteiger partial charge in [-0.25, -0.2) is 5.90 Å². The van der Waals surface area contributed by atoms with Gasteiger partial charge in [0, 0.05) is 34.9 Å². The summed E-state index contributed by atoms with van der Waals surface area (Å²) in [5, 5.41) is 0. The van der Waals surface area contributed by atoms with Crippen LogP contribution in [0, 0.1) is 0 Å². The first kappa shape index (κ1) is 29.3. The number of ether oxygens (including phenoxy) is 7. The number of carbonyl (C=O) groups excluding carboxylic acids is 1. The molecule has 30 heavy (non-hydrogen) atoms. The second-order valence-corrected chi connectivity index (χ2v) is 6.89. The minimum atomic E-state index is -0.424. The number of methoxy groups -OCH3 is 4. The monoisotopic (exact) mass is 439 g/mol. The van der Waals surface area contributed by atoms with Gasteiger partial charge in [-0.2, -0.15) is 0 Å². The first-order valence-corrected chi connectivity index (χ1v) is 10.2. The van der Waals surface area contributed by atoms with Gasteiger partial charge in [0.15, 0.2) is 5.78 Å². The number of hydrogen-bond acceptors (Lipinski definition) is 10. The summed E-state index contributed by atoms with van der Waals surface area (Å²) in [6, 6.07) is 0. The van der Waals surface area contributed by atoms with E-state index in [2.05, 4.69) is 4.84 Å². The standard InChI is InChI=1S/C20H41NO9/c1-23-11-18(12-24-2)28-15-20(16-29-19(13-25-3)14-26-4)27-10-17(22)8-6-5-7-9-30-21/h18-20H,5-16,21H2,1-4H3. The largest absolute Gasteiger partial charge is 0.382 e. The maximum atomic E-state index is 12.1. The molecule has 0 aromatic carbocycles. The van der Waals surface area contributed by atoms with Crippen LogP contribution in [0.15, 0.2) is 0 Å². The minimum Gasteiger partial charge on any atom is -0.382 e. The summed E-state index contributed by atoms with van der Waals surface area (Å²) < 4.78 is 38.0. The van der Waals surface area contributed by atoms with Gasteiger partial charge in [-0.1, -0.05) is 6.42 Å². The summed E-state index contributed by atoms with van der Waals surface area (Å²) in [6.07, 6.45) is 2.04. The Labute approximate surface area is 180 Å².